The molecule has 0 aliphatic carbocycles. The van der Waals surface area contributed by atoms with E-state index >= 15 is 0 Å². The molecule has 1 rings (SSSR count). The van der Waals surface area contributed by atoms with Gasteiger partial charge in [-0.3, -0.25) is 4.90 Å². The van der Waals surface area contributed by atoms with Crippen molar-refractivity contribution in [1.82, 2.24) is 10.2 Å². The fourth-order valence-corrected chi connectivity index (χ4v) is 2.50. The molecule has 1 N–H and O–H groups in total. The summed E-state index contributed by atoms with van der Waals surface area (Å²) in [5, 5.41) is 3.48. The van der Waals surface area contributed by atoms with Crippen LogP contribution in [-0.4, -0.2) is 63.5 Å². The quantitative estimate of drug-likeness (QED) is 0.636. The molecule has 1 aliphatic rings. The van der Waals surface area contributed by atoms with Gasteiger partial charge in [-0.1, -0.05) is 0 Å². The maximum atomic E-state index is 5.49. The minimum atomic E-state index is 0.695. The van der Waals surface area contributed by atoms with E-state index in [1.165, 1.54) is 25.8 Å². The number of hydrogen-bond acceptors (Lipinski definition) is 4. The van der Waals surface area contributed by atoms with Crippen LogP contribution in [-0.2, 0) is 9.47 Å². The lowest BCUT2D eigenvalue weighted by molar-refractivity contribution is 0.0596. The Hall–Kier alpha value is -0.160. The van der Waals surface area contributed by atoms with Crippen molar-refractivity contribution in [3.8, 4) is 0 Å². The molecule has 0 bridgehead atoms. The van der Waals surface area contributed by atoms with Crippen LogP contribution in [0.15, 0.2) is 0 Å². The number of ether oxygens (including phenoxy) is 2. The summed E-state index contributed by atoms with van der Waals surface area (Å²) in [5.41, 5.74) is 0. The van der Waals surface area contributed by atoms with Gasteiger partial charge in [-0.25, -0.2) is 0 Å². The monoisotopic (exact) mass is 258 g/mol. The molecule has 1 unspecified atom stereocenters. The first-order chi connectivity index (χ1) is 8.88. The van der Waals surface area contributed by atoms with Crippen LogP contribution in [0.4, 0.5) is 0 Å². The van der Waals surface area contributed by atoms with E-state index in [9.17, 15) is 0 Å². The van der Waals surface area contributed by atoms with Gasteiger partial charge in [0.05, 0.1) is 13.2 Å². The molecule has 1 atom stereocenters. The first-order valence-electron chi connectivity index (χ1n) is 7.48. The zero-order valence-corrected chi connectivity index (χ0v) is 12.1. The molecule has 4 nitrogen and oxygen atoms in total. The molecular formula is C14H30N2O2. The van der Waals surface area contributed by atoms with Crippen LogP contribution in [0.2, 0.25) is 0 Å². The predicted molar refractivity (Wildman–Crippen MR) is 75.1 cm³/mol. The average Bonchev–Trinajstić information content (AvgIpc) is 2.66. The molecule has 0 amide bonds. The minimum absolute atomic E-state index is 0.695. The van der Waals surface area contributed by atoms with Gasteiger partial charge in [0.2, 0.25) is 0 Å². The van der Waals surface area contributed by atoms with Gasteiger partial charge in [0, 0.05) is 32.3 Å². The first-order valence-corrected chi connectivity index (χ1v) is 7.48. The highest BCUT2D eigenvalue weighted by atomic mass is 16.5. The van der Waals surface area contributed by atoms with Crippen LogP contribution in [0, 0.1) is 0 Å². The summed E-state index contributed by atoms with van der Waals surface area (Å²) in [6.45, 7) is 11.8. The van der Waals surface area contributed by atoms with E-state index in [0.29, 0.717) is 6.04 Å². The van der Waals surface area contributed by atoms with Crippen LogP contribution < -0.4 is 5.32 Å². The van der Waals surface area contributed by atoms with Gasteiger partial charge in [-0.2, -0.15) is 0 Å². The van der Waals surface area contributed by atoms with Crippen LogP contribution in [0.1, 0.15) is 33.1 Å². The zero-order chi connectivity index (χ0) is 13.1. The van der Waals surface area contributed by atoms with E-state index in [4.69, 9.17) is 9.47 Å². The summed E-state index contributed by atoms with van der Waals surface area (Å²) in [4.78, 5) is 2.55. The normalized spacial score (nSPS) is 21.2. The minimum Gasteiger partial charge on any atom is -0.380 e. The molecule has 0 aromatic carbocycles. The Labute approximate surface area is 112 Å². The van der Waals surface area contributed by atoms with Crippen molar-refractivity contribution in [1.29, 1.82) is 0 Å². The molecular weight excluding hydrogens is 228 g/mol. The third-order valence-electron chi connectivity index (χ3n) is 3.52. The number of hydrogen-bond donors (Lipinski definition) is 1. The molecule has 18 heavy (non-hydrogen) atoms. The number of nitrogens with zero attached hydrogens (tertiary/aromatic N) is 1. The highest BCUT2D eigenvalue weighted by Crippen LogP contribution is 2.13. The second kappa shape index (κ2) is 10.7. The van der Waals surface area contributed by atoms with Gasteiger partial charge in [0.15, 0.2) is 0 Å². The topological polar surface area (TPSA) is 33.7 Å². The van der Waals surface area contributed by atoms with Gasteiger partial charge in [-0.15, -0.1) is 0 Å². The molecule has 0 radical (unpaired) electrons. The van der Waals surface area contributed by atoms with Gasteiger partial charge in [-0.05, 0) is 46.2 Å². The van der Waals surface area contributed by atoms with Crippen molar-refractivity contribution in [3.05, 3.63) is 0 Å². The first kappa shape index (κ1) is 15.9. The van der Waals surface area contributed by atoms with E-state index in [-0.39, 0.29) is 0 Å². The molecule has 4 heteroatoms. The van der Waals surface area contributed by atoms with Crippen molar-refractivity contribution in [3.63, 3.8) is 0 Å². The second-order valence-corrected chi connectivity index (χ2v) is 4.76. The molecule has 0 aromatic rings. The Morgan fingerprint density at radius 2 is 1.67 bits per heavy atom. The standard InChI is InChI=1S/C14H30N2O2/c1-3-17-12-10-16(11-13-18-4-2)14-6-5-8-15-9-7-14/h14-15H,3-13H2,1-2H3. The van der Waals surface area contributed by atoms with Crippen LogP contribution in [0.25, 0.3) is 0 Å². The Kier molecular flexibility index (Phi) is 9.48. The van der Waals surface area contributed by atoms with Crippen molar-refractivity contribution in [2.75, 3.05) is 52.6 Å². The summed E-state index contributed by atoms with van der Waals surface area (Å²) in [5.74, 6) is 0. The third-order valence-corrected chi connectivity index (χ3v) is 3.52. The van der Waals surface area contributed by atoms with E-state index in [0.717, 1.165) is 46.1 Å². The van der Waals surface area contributed by atoms with E-state index in [2.05, 4.69) is 24.1 Å². The zero-order valence-electron chi connectivity index (χ0n) is 12.1. The molecule has 0 spiro atoms. The van der Waals surface area contributed by atoms with Crippen molar-refractivity contribution in [2.45, 2.75) is 39.2 Å². The smallest absolute Gasteiger partial charge is 0.0593 e. The van der Waals surface area contributed by atoms with Crippen molar-refractivity contribution >= 4 is 0 Å². The molecule has 1 fully saturated rings. The van der Waals surface area contributed by atoms with E-state index < -0.39 is 0 Å². The fourth-order valence-electron chi connectivity index (χ4n) is 2.50. The summed E-state index contributed by atoms with van der Waals surface area (Å²) in [6, 6.07) is 0.695. The maximum Gasteiger partial charge on any atom is 0.0593 e. The lowest BCUT2D eigenvalue weighted by atomic mass is 10.1. The molecule has 0 saturated carbocycles. The lowest BCUT2D eigenvalue weighted by Gasteiger charge is -2.30. The Morgan fingerprint density at radius 3 is 2.28 bits per heavy atom. The number of rotatable bonds is 9. The van der Waals surface area contributed by atoms with E-state index in [1.54, 1.807) is 0 Å². The third kappa shape index (κ3) is 6.69. The summed E-state index contributed by atoms with van der Waals surface area (Å²) >= 11 is 0. The van der Waals surface area contributed by atoms with Crippen molar-refractivity contribution < 1.29 is 9.47 Å². The van der Waals surface area contributed by atoms with Crippen LogP contribution >= 0.6 is 0 Å². The molecule has 1 heterocycles. The van der Waals surface area contributed by atoms with Gasteiger partial charge < -0.3 is 14.8 Å². The van der Waals surface area contributed by atoms with Gasteiger partial charge >= 0.3 is 0 Å². The second-order valence-electron chi connectivity index (χ2n) is 4.76. The highest BCUT2D eigenvalue weighted by Gasteiger charge is 2.19. The molecule has 1 aliphatic heterocycles. The summed E-state index contributed by atoms with van der Waals surface area (Å²) in [7, 11) is 0. The Bertz CT molecular complexity index is 173. The maximum absolute atomic E-state index is 5.49. The Balaban J connectivity index is 2.34. The molecule has 0 aromatic heterocycles. The SMILES string of the molecule is CCOCCN(CCOCC)C1CCCNCC1. The number of nitrogens with one attached hydrogen (secondary N) is 1. The largest absolute Gasteiger partial charge is 0.380 e. The van der Waals surface area contributed by atoms with E-state index in [1.807, 2.05) is 0 Å². The summed E-state index contributed by atoms with van der Waals surface area (Å²) < 4.78 is 11.0. The average molecular weight is 258 g/mol. The highest BCUT2D eigenvalue weighted by molar-refractivity contribution is 4.76. The molecule has 1 saturated heterocycles. The van der Waals surface area contributed by atoms with Crippen LogP contribution in [0.3, 0.4) is 0 Å². The lowest BCUT2D eigenvalue weighted by Crippen LogP contribution is -2.40. The summed E-state index contributed by atoms with van der Waals surface area (Å²) in [6.07, 6.45) is 3.83. The van der Waals surface area contributed by atoms with Gasteiger partial charge in [0.25, 0.3) is 0 Å². The van der Waals surface area contributed by atoms with Crippen molar-refractivity contribution in [2.24, 2.45) is 0 Å². The van der Waals surface area contributed by atoms with Gasteiger partial charge in [0.1, 0.15) is 0 Å². The predicted octanol–water partition coefficient (Wildman–Crippen LogP) is 1.50. The molecule has 108 valence electrons. The van der Waals surface area contributed by atoms with Crippen LogP contribution in [0.5, 0.6) is 0 Å². The fraction of sp³-hybridized carbons (Fsp3) is 1.00. The Morgan fingerprint density at radius 1 is 1.00 bits per heavy atom.